The molecule has 2 rings (SSSR count). The van der Waals surface area contributed by atoms with Gasteiger partial charge in [0.25, 0.3) is 5.91 Å². The second-order valence-electron chi connectivity index (χ2n) is 4.09. The van der Waals surface area contributed by atoms with E-state index in [1.165, 1.54) is 7.11 Å². The monoisotopic (exact) mass is 399 g/mol. The molecule has 0 radical (unpaired) electrons. The Bertz CT molecular complexity index is 727. The lowest BCUT2D eigenvalue weighted by molar-refractivity contribution is 0.0974. The minimum atomic E-state index is -0.393. The number of carbonyl (C=O) groups excluding carboxylic acids is 1. The number of nitrogens with zero attached hydrogens (tertiary/aromatic N) is 1. The van der Waals surface area contributed by atoms with Crippen LogP contribution in [0.5, 0.6) is 5.75 Å². The van der Waals surface area contributed by atoms with Gasteiger partial charge in [-0.1, -0.05) is 27.5 Å². The number of benzene rings is 1. The van der Waals surface area contributed by atoms with Crippen LogP contribution in [0.15, 0.2) is 41.0 Å². The Balaban J connectivity index is 2.10. The van der Waals surface area contributed by atoms with E-state index in [2.05, 4.69) is 31.5 Å². The van der Waals surface area contributed by atoms with Gasteiger partial charge in [-0.3, -0.25) is 10.1 Å². The molecule has 22 heavy (non-hydrogen) atoms. The number of carbonyl (C=O) groups is 1. The maximum atomic E-state index is 12.3. The van der Waals surface area contributed by atoms with Crippen molar-refractivity contribution in [3.8, 4) is 5.75 Å². The van der Waals surface area contributed by atoms with Crippen molar-refractivity contribution in [2.75, 3.05) is 12.4 Å². The van der Waals surface area contributed by atoms with Gasteiger partial charge in [0, 0.05) is 10.7 Å². The van der Waals surface area contributed by atoms with E-state index in [4.69, 9.17) is 28.6 Å². The zero-order valence-electron chi connectivity index (χ0n) is 11.4. The Labute approximate surface area is 146 Å². The summed E-state index contributed by atoms with van der Waals surface area (Å²) in [7, 11) is 1.49. The van der Waals surface area contributed by atoms with E-state index >= 15 is 0 Å². The highest BCUT2D eigenvalue weighted by atomic mass is 79.9. The van der Waals surface area contributed by atoms with Crippen molar-refractivity contribution in [1.29, 1.82) is 0 Å². The standard InChI is InChI=1S/C14H11BrClN3O2S/c1-21-11-5-4-8(15)7-9(11)13(20)19-14(22)18-10-3-2-6-17-12(10)16/h2-7H,1H3,(H2,18,19,20,22). The topological polar surface area (TPSA) is 63.2 Å². The van der Waals surface area contributed by atoms with Gasteiger partial charge in [0.05, 0.1) is 18.4 Å². The molecule has 2 aromatic rings. The summed E-state index contributed by atoms with van der Waals surface area (Å²) in [4.78, 5) is 16.2. The quantitative estimate of drug-likeness (QED) is 0.608. The van der Waals surface area contributed by atoms with Crippen LogP contribution < -0.4 is 15.4 Å². The average Bonchev–Trinajstić information content (AvgIpc) is 2.49. The molecule has 2 N–H and O–H groups in total. The van der Waals surface area contributed by atoms with Gasteiger partial charge in [0.2, 0.25) is 0 Å². The van der Waals surface area contributed by atoms with Crippen molar-refractivity contribution in [1.82, 2.24) is 10.3 Å². The van der Waals surface area contributed by atoms with Crippen LogP contribution in [0.25, 0.3) is 0 Å². The Hall–Kier alpha value is -1.70. The van der Waals surface area contributed by atoms with Crippen LogP contribution in [-0.4, -0.2) is 23.1 Å². The summed E-state index contributed by atoms with van der Waals surface area (Å²) in [6.45, 7) is 0. The van der Waals surface area contributed by atoms with Crippen molar-refractivity contribution < 1.29 is 9.53 Å². The average molecular weight is 401 g/mol. The van der Waals surface area contributed by atoms with Crippen molar-refractivity contribution in [3.63, 3.8) is 0 Å². The zero-order chi connectivity index (χ0) is 16.1. The molecular weight excluding hydrogens is 390 g/mol. The number of amides is 1. The highest BCUT2D eigenvalue weighted by Gasteiger charge is 2.14. The number of thiocarbonyl (C=S) groups is 1. The second kappa shape index (κ2) is 7.53. The molecule has 0 aliphatic rings. The Kier molecular flexibility index (Phi) is 5.70. The summed E-state index contributed by atoms with van der Waals surface area (Å²) in [5, 5.41) is 5.76. The van der Waals surface area contributed by atoms with E-state index < -0.39 is 5.91 Å². The largest absolute Gasteiger partial charge is 0.496 e. The van der Waals surface area contributed by atoms with Gasteiger partial charge in [-0.2, -0.15) is 0 Å². The van der Waals surface area contributed by atoms with E-state index in [-0.39, 0.29) is 10.3 Å². The third kappa shape index (κ3) is 4.16. The van der Waals surface area contributed by atoms with Crippen molar-refractivity contribution >= 4 is 56.5 Å². The fourth-order valence-corrected chi connectivity index (χ4v) is 2.39. The van der Waals surface area contributed by atoms with Gasteiger partial charge in [0.1, 0.15) is 5.75 Å². The summed E-state index contributed by atoms with van der Waals surface area (Å²) in [5.41, 5.74) is 0.869. The van der Waals surface area contributed by atoms with E-state index in [0.717, 1.165) is 4.47 Å². The number of hydrogen-bond donors (Lipinski definition) is 2. The number of aromatic nitrogens is 1. The minimum absolute atomic E-state index is 0.113. The van der Waals surface area contributed by atoms with E-state index in [9.17, 15) is 4.79 Å². The highest BCUT2D eigenvalue weighted by Crippen LogP contribution is 2.23. The first kappa shape index (κ1) is 16.7. The van der Waals surface area contributed by atoms with Gasteiger partial charge in [-0.15, -0.1) is 0 Å². The molecule has 114 valence electrons. The molecule has 0 bridgehead atoms. The molecule has 0 saturated heterocycles. The van der Waals surface area contributed by atoms with E-state index in [1.807, 2.05) is 0 Å². The van der Waals surface area contributed by atoms with Crippen LogP contribution in [-0.2, 0) is 0 Å². The summed E-state index contributed by atoms with van der Waals surface area (Å²) < 4.78 is 5.92. The Morgan fingerprint density at radius 3 is 2.86 bits per heavy atom. The molecule has 1 aromatic carbocycles. The molecule has 0 fully saturated rings. The molecule has 8 heteroatoms. The van der Waals surface area contributed by atoms with Crippen LogP contribution in [0.2, 0.25) is 5.15 Å². The van der Waals surface area contributed by atoms with Gasteiger partial charge < -0.3 is 10.1 Å². The Morgan fingerprint density at radius 1 is 1.41 bits per heavy atom. The van der Waals surface area contributed by atoms with Crippen LogP contribution in [0.3, 0.4) is 0 Å². The summed E-state index contributed by atoms with van der Waals surface area (Å²) in [6, 6.07) is 8.52. The smallest absolute Gasteiger partial charge is 0.261 e. The van der Waals surface area contributed by atoms with Crippen LogP contribution >= 0.6 is 39.7 Å². The minimum Gasteiger partial charge on any atom is -0.496 e. The third-order valence-corrected chi connectivity index (χ3v) is 3.64. The first-order valence-corrected chi connectivity index (χ1v) is 7.65. The molecule has 1 heterocycles. The first-order chi connectivity index (χ1) is 10.5. The lowest BCUT2D eigenvalue weighted by Crippen LogP contribution is -2.34. The molecule has 1 aromatic heterocycles. The summed E-state index contributed by atoms with van der Waals surface area (Å²) in [5.74, 6) is 0.0542. The fourth-order valence-electron chi connectivity index (χ4n) is 1.66. The SMILES string of the molecule is COc1ccc(Br)cc1C(=O)NC(=S)Nc1cccnc1Cl. The lowest BCUT2D eigenvalue weighted by Gasteiger charge is -2.12. The highest BCUT2D eigenvalue weighted by molar-refractivity contribution is 9.10. The van der Waals surface area contributed by atoms with Crippen LogP contribution in [0.1, 0.15) is 10.4 Å². The number of hydrogen-bond acceptors (Lipinski definition) is 4. The molecule has 0 saturated carbocycles. The number of ether oxygens (including phenoxy) is 1. The van der Waals surface area contributed by atoms with Crippen molar-refractivity contribution in [3.05, 3.63) is 51.7 Å². The van der Waals surface area contributed by atoms with E-state index in [1.54, 1.807) is 36.5 Å². The molecule has 0 atom stereocenters. The predicted octanol–water partition coefficient (Wildman–Crippen LogP) is 3.63. The summed E-state index contributed by atoms with van der Waals surface area (Å²) in [6.07, 6.45) is 1.56. The molecule has 0 aliphatic heterocycles. The molecule has 0 aliphatic carbocycles. The molecule has 0 unspecified atom stereocenters. The third-order valence-electron chi connectivity index (χ3n) is 2.64. The first-order valence-electron chi connectivity index (χ1n) is 6.07. The number of anilines is 1. The maximum Gasteiger partial charge on any atom is 0.261 e. The summed E-state index contributed by atoms with van der Waals surface area (Å²) >= 11 is 14.3. The van der Waals surface area contributed by atoms with Crippen LogP contribution in [0, 0.1) is 0 Å². The Morgan fingerprint density at radius 2 is 2.18 bits per heavy atom. The van der Waals surface area contributed by atoms with Gasteiger partial charge >= 0.3 is 0 Å². The normalized spacial score (nSPS) is 9.95. The predicted molar refractivity (Wildman–Crippen MR) is 93.6 cm³/mol. The second-order valence-corrected chi connectivity index (χ2v) is 5.78. The van der Waals surface area contributed by atoms with Gasteiger partial charge in [-0.05, 0) is 42.5 Å². The van der Waals surface area contributed by atoms with E-state index in [0.29, 0.717) is 17.0 Å². The van der Waals surface area contributed by atoms with Gasteiger partial charge in [0.15, 0.2) is 10.3 Å². The number of methoxy groups -OCH3 is 1. The number of nitrogens with one attached hydrogen (secondary N) is 2. The maximum absolute atomic E-state index is 12.3. The number of rotatable bonds is 3. The zero-order valence-corrected chi connectivity index (χ0v) is 14.6. The van der Waals surface area contributed by atoms with Crippen molar-refractivity contribution in [2.45, 2.75) is 0 Å². The fraction of sp³-hybridized carbons (Fsp3) is 0.0714. The number of halogens is 2. The molecular formula is C14H11BrClN3O2S. The number of pyridine rings is 1. The van der Waals surface area contributed by atoms with Crippen LogP contribution in [0.4, 0.5) is 5.69 Å². The molecule has 5 nitrogen and oxygen atoms in total. The van der Waals surface area contributed by atoms with Gasteiger partial charge in [-0.25, -0.2) is 4.98 Å². The molecule has 1 amide bonds. The molecule has 0 spiro atoms. The lowest BCUT2D eigenvalue weighted by atomic mass is 10.2. The van der Waals surface area contributed by atoms with Crippen molar-refractivity contribution in [2.24, 2.45) is 0 Å².